The fourth-order valence-corrected chi connectivity index (χ4v) is 10.9. The van der Waals surface area contributed by atoms with Gasteiger partial charge in [0, 0.05) is 37.7 Å². The summed E-state index contributed by atoms with van der Waals surface area (Å²) in [5, 5.41) is 25.0. The monoisotopic (exact) mass is 965 g/mol. The number of oxime groups is 1. The van der Waals surface area contributed by atoms with E-state index in [2.05, 4.69) is 26.5 Å². The maximum Gasteiger partial charge on any atom is 0.410 e. The Balaban J connectivity index is 1.44. The van der Waals surface area contributed by atoms with Gasteiger partial charge in [-0.15, -0.1) is 6.58 Å². The minimum atomic E-state index is -1.41. The summed E-state index contributed by atoms with van der Waals surface area (Å²) in [6.45, 7) is 9.68. The fourth-order valence-electron chi connectivity index (χ4n) is 10.9. The fraction of sp³-hybridized carbons (Fsp3) is 0.569. The van der Waals surface area contributed by atoms with Gasteiger partial charge >= 0.3 is 6.09 Å². The van der Waals surface area contributed by atoms with Gasteiger partial charge in [-0.05, 0) is 97.9 Å². The van der Waals surface area contributed by atoms with Gasteiger partial charge in [-0.1, -0.05) is 132 Å². The molecular formula is C58H80N2O10. The molecular weight excluding hydrogens is 885 g/mol. The molecule has 1 saturated carbocycles. The van der Waals surface area contributed by atoms with Gasteiger partial charge in [-0.2, -0.15) is 0 Å². The standard InChI is InChI=1S/C58H80N2O10/c1-5-8-9-10-11-12-13-14-15-23-36-66-57(64)60(32-6-2)54-40-51(59-68-42-43-24-17-16-18-25-43)49-38-44(26-19-21-33-61)48(27-20-22-34-62)55-50-39-47(69-46-28-30-52(65-4)45(37-46)41-63)29-31-53(50)70-58(54,56(49)55)67-35-7-3/h7,16-18,24-25,28-31,37-39,41,44,48,54-56,61-62H,3,5-6,8-15,19-23,26-27,32-36,40,42H2,1-2,4H3/t44-,48+,54-,55+,56+,58+/m0/s1. The van der Waals surface area contributed by atoms with E-state index in [-0.39, 0.29) is 50.6 Å². The Hall–Kier alpha value is -5.17. The number of aliphatic hydroxyl groups excluding tert-OH is 2. The van der Waals surface area contributed by atoms with E-state index in [4.69, 9.17) is 33.7 Å². The van der Waals surface area contributed by atoms with Gasteiger partial charge in [0.1, 0.15) is 35.6 Å². The topological polar surface area (TPSA) is 146 Å². The molecule has 0 saturated heterocycles. The van der Waals surface area contributed by atoms with E-state index in [1.54, 1.807) is 24.3 Å². The number of rotatable bonds is 32. The number of carbonyl (C=O) groups excluding carboxylic acids is 2. The maximum atomic E-state index is 14.7. The molecule has 0 unspecified atom stereocenters. The van der Waals surface area contributed by atoms with Crippen molar-refractivity contribution >= 4 is 18.1 Å². The number of hydrogen-bond donors (Lipinski definition) is 2. The van der Waals surface area contributed by atoms with E-state index < -0.39 is 23.8 Å². The summed E-state index contributed by atoms with van der Waals surface area (Å²) < 4.78 is 32.7. The van der Waals surface area contributed by atoms with E-state index >= 15 is 0 Å². The summed E-state index contributed by atoms with van der Waals surface area (Å²) >= 11 is 0. The number of aliphatic hydroxyl groups is 2. The lowest BCUT2D eigenvalue weighted by Crippen LogP contribution is -2.70. The molecule has 382 valence electrons. The van der Waals surface area contributed by atoms with Crippen LogP contribution in [0.5, 0.6) is 23.0 Å². The predicted octanol–water partition coefficient (Wildman–Crippen LogP) is 12.9. The second-order valence-corrected chi connectivity index (χ2v) is 19.1. The van der Waals surface area contributed by atoms with Crippen LogP contribution in [-0.4, -0.2) is 85.1 Å². The third-order valence-electron chi connectivity index (χ3n) is 14.3. The Morgan fingerprint density at radius 3 is 2.24 bits per heavy atom. The highest BCUT2D eigenvalue weighted by atomic mass is 16.7. The van der Waals surface area contributed by atoms with Crippen molar-refractivity contribution in [3.05, 3.63) is 108 Å². The molecule has 6 rings (SSSR count). The van der Waals surface area contributed by atoms with Crippen molar-refractivity contribution in [1.29, 1.82) is 0 Å². The molecule has 3 aromatic carbocycles. The number of amides is 1. The zero-order chi connectivity index (χ0) is 49.6. The molecule has 1 heterocycles. The third-order valence-corrected chi connectivity index (χ3v) is 14.3. The number of allylic oxidation sites excluding steroid dienone is 1. The molecule has 3 aromatic rings. The molecule has 0 radical (unpaired) electrons. The van der Waals surface area contributed by atoms with Gasteiger partial charge in [-0.3, -0.25) is 9.69 Å². The number of fused-ring (bicyclic) bond motifs is 2. The van der Waals surface area contributed by atoms with Crippen LogP contribution >= 0.6 is 0 Å². The predicted molar refractivity (Wildman–Crippen MR) is 275 cm³/mol. The number of ether oxygens (including phenoxy) is 5. The highest BCUT2D eigenvalue weighted by molar-refractivity contribution is 6.03. The summed E-state index contributed by atoms with van der Waals surface area (Å²) in [6, 6.07) is 20.2. The molecule has 0 spiro atoms. The van der Waals surface area contributed by atoms with Crippen LogP contribution < -0.4 is 14.2 Å². The summed E-state index contributed by atoms with van der Waals surface area (Å²) in [6.07, 6.45) is 21.7. The number of aldehydes is 1. The Labute approximate surface area is 417 Å². The molecule has 12 heteroatoms. The summed E-state index contributed by atoms with van der Waals surface area (Å²) in [7, 11) is 1.52. The summed E-state index contributed by atoms with van der Waals surface area (Å²) in [5.74, 6) is 0.0354. The number of nitrogens with zero attached hydrogens (tertiary/aromatic N) is 2. The smallest absolute Gasteiger partial charge is 0.410 e. The van der Waals surface area contributed by atoms with Crippen molar-refractivity contribution in [3.8, 4) is 23.0 Å². The van der Waals surface area contributed by atoms with Crippen LogP contribution in [0.4, 0.5) is 4.79 Å². The number of carbonyl (C=O) groups is 2. The minimum absolute atomic E-state index is 0.0272. The first kappa shape index (κ1) is 54.2. The molecule has 12 nitrogen and oxygen atoms in total. The molecule has 0 bridgehead atoms. The molecule has 3 aliphatic rings. The molecule has 0 aromatic heterocycles. The average molecular weight is 965 g/mol. The third kappa shape index (κ3) is 14.0. The van der Waals surface area contributed by atoms with Crippen LogP contribution in [0.2, 0.25) is 0 Å². The van der Waals surface area contributed by atoms with E-state index in [0.717, 1.165) is 73.6 Å². The van der Waals surface area contributed by atoms with Crippen LogP contribution in [0.3, 0.4) is 0 Å². The second kappa shape index (κ2) is 28.6. The van der Waals surface area contributed by atoms with E-state index in [1.165, 1.54) is 52.1 Å². The van der Waals surface area contributed by atoms with Crippen LogP contribution in [0, 0.1) is 17.8 Å². The number of methoxy groups -OCH3 is 1. The first-order chi connectivity index (χ1) is 34.4. The zero-order valence-electron chi connectivity index (χ0n) is 42.2. The lowest BCUT2D eigenvalue weighted by molar-refractivity contribution is -0.255. The van der Waals surface area contributed by atoms with Crippen LogP contribution in [0.25, 0.3) is 0 Å². The highest BCUT2D eigenvalue weighted by Crippen LogP contribution is 2.62. The number of hydrogen-bond acceptors (Lipinski definition) is 11. The van der Waals surface area contributed by atoms with Gasteiger partial charge in [0.2, 0.25) is 5.79 Å². The van der Waals surface area contributed by atoms with E-state index in [0.29, 0.717) is 61.0 Å². The van der Waals surface area contributed by atoms with Gasteiger partial charge < -0.3 is 38.7 Å². The van der Waals surface area contributed by atoms with Gasteiger partial charge in [-0.25, -0.2) is 4.79 Å². The molecule has 2 N–H and O–H groups in total. The summed E-state index contributed by atoms with van der Waals surface area (Å²) in [4.78, 5) is 34.8. The van der Waals surface area contributed by atoms with Crippen molar-refractivity contribution in [2.24, 2.45) is 22.9 Å². The Morgan fingerprint density at radius 1 is 0.857 bits per heavy atom. The molecule has 6 atom stereocenters. The normalized spacial score (nSPS) is 21.7. The first-order valence-corrected chi connectivity index (χ1v) is 26.3. The molecule has 1 aliphatic heterocycles. The number of benzene rings is 3. The Kier molecular flexibility index (Phi) is 22.1. The molecule has 70 heavy (non-hydrogen) atoms. The number of unbranched alkanes of at least 4 members (excludes halogenated alkanes) is 11. The van der Waals surface area contributed by atoms with Gasteiger partial charge in [0.15, 0.2) is 6.29 Å². The van der Waals surface area contributed by atoms with Crippen LogP contribution in [-0.2, 0) is 20.9 Å². The van der Waals surface area contributed by atoms with Gasteiger partial charge in [0.25, 0.3) is 0 Å². The van der Waals surface area contributed by atoms with Crippen molar-refractivity contribution in [3.63, 3.8) is 0 Å². The lowest BCUT2D eigenvalue weighted by atomic mass is 9.55. The van der Waals surface area contributed by atoms with E-state index in [9.17, 15) is 19.8 Å². The van der Waals surface area contributed by atoms with Crippen molar-refractivity contribution in [1.82, 2.24) is 4.90 Å². The summed E-state index contributed by atoms with van der Waals surface area (Å²) in [5.41, 5.74) is 3.94. The zero-order valence-corrected chi connectivity index (χ0v) is 42.2. The minimum Gasteiger partial charge on any atom is -0.496 e. The van der Waals surface area contributed by atoms with Crippen molar-refractivity contribution in [2.45, 2.75) is 154 Å². The molecule has 1 amide bonds. The van der Waals surface area contributed by atoms with Crippen LogP contribution in [0.1, 0.15) is 157 Å². The van der Waals surface area contributed by atoms with Crippen molar-refractivity contribution in [2.75, 3.05) is 40.1 Å². The Morgan fingerprint density at radius 2 is 1.56 bits per heavy atom. The lowest BCUT2D eigenvalue weighted by Gasteiger charge is -2.59. The largest absolute Gasteiger partial charge is 0.496 e. The Bertz CT molecular complexity index is 2140. The average Bonchev–Trinajstić information content (AvgIpc) is 3.38. The quantitative estimate of drug-likeness (QED) is 0.0268. The highest BCUT2D eigenvalue weighted by Gasteiger charge is 2.65. The first-order valence-electron chi connectivity index (χ1n) is 26.3. The van der Waals surface area contributed by atoms with Gasteiger partial charge in [0.05, 0.1) is 37.5 Å². The van der Waals surface area contributed by atoms with Crippen LogP contribution in [0.15, 0.2) is 96.2 Å². The molecule has 1 fully saturated rings. The molecule has 2 aliphatic carbocycles. The SMILES string of the molecule is C=CCO[C@@]12Oc3ccc(Oc4ccc(OC)c(C=O)c4)cc3[C@H]3[C@H](CCCCO)[C@@H](CCCCO)C=C(C(=NOCc4ccccc4)C[C@@H]1N(CCC)C(=O)OCCCCCCCCCCCC)[C@H]32. The van der Waals surface area contributed by atoms with Crippen molar-refractivity contribution < 1.29 is 48.3 Å². The second-order valence-electron chi connectivity index (χ2n) is 19.1. The maximum absolute atomic E-state index is 14.7. The van der Waals surface area contributed by atoms with E-state index in [1.807, 2.05) is 53.4 Å².